The van der Waals surface area contributed by atoms with E-state index in [2.05, 4.69) is 20.1 Å². The highest BCUT2D eigenvalue weighted by atomic mass is 16.1. The second-order valence-corrected chi connectivity index (χ2v) is 7.91. The summed E-state index contributed by atoms with van der Waals surface area (Å²) in [5.74, 6) is 0.126. The Bertz CT molecular complexity index is 1250. The van der Waals surface area contributed by atoms with Gasteiger partial charge in [0.2, 0.25) is 0 Å². The van der Waals surface area contributed by atoms with Gasteiger partial charge < -0.3 is 0 Å². The number of pyridine rings is 1. The highest BCUT2D eigenvalue weighted by Crippen LogP contribution is 2.17. The average molecular weight is 413 g/mol. The second-order valence-electron chi connectivity index (χ2n) is 7.91. The molecule has 7 heteroatoms. The predicted octanol–water partition coefficient (Wildman–Crippen LogP) is 4.25. The zero-order chi connectivity index (χ0) is 21.8. The zero-order valence-corrected chi connectivity index (χ0v) is 17.5. The van der Waals surface area contributed by atoms with Gasteiger partial charge in [0.15, 0.2) is 11.6 Å². The van der Waals surface area contributed by atoms with Crippen molar-refractivity contribution in [3.8, 4) is 5.69 Å². The predicted molar refractivity (Wildman–Crippen MR) is 117 cm³/mol. The third-order valence-electron chi connectivity index (χ3n) is 4.95. The summed E-state index contributed by atoms with van der Waals surface area (Å²) in [7, 11) is 0. The molecule has 0 atom stereocenters. The highest BCUT2D eigenvalue weighted by Gasteiger charge is 2.14. The molecule has 31 heavy (non-hydrogen) atoms. The van der Waals surface area contributed by atoms with E-state index in [-0.39, 0.29) is 17.5 Å². The minimum absolute atomic E-state index is 0.0356. The first-order valence-corrected chi connectivity index (χ1v) is 10.3. The van der Waals surface area contributed by atoms with E-state index in [1.54, 1.807) is 35.3 Å². The van der Waals surface area contributed by atoms with Crippen molar-refractivity contribution in [1.29, 1.82) is 0 Å². The van der Waals surface area contributed by atoms with Crippen LogP contribution in [0, 0.1) is 5.92 Å². The van der Waals surface area contributed by atoms with Gasteiger partial charge >= 0.3 is 0 Å². The average Bonchev–Trinajstić information content (AvgIpc) is 3.26. The molecule has 0 bridgehead atoms. The van der Waals surface area contributed by atoms with E-state index >= 15 is 0 Å². The van der Waals surface area contributed by atoms with Gasteiger partial charge in [0.1, 0.15) is 17.7 Å². The number of hydrogen-bond donors (Lipinski definition) is 0. The standard InChI is InChI=1S/C24H23N5O2/c1-16(2)10-24(31)21-5-3-4-20(28-21)23(30)9-6-17-12-27-29(14-17)19-8-7-18-13-25-15-26-22(18)11-19/h3-5,7-8,11-16H,6,9-10H2,1-2H3. The van der Waals surface area contributed by atoms with E-state index in [0.29, 0.717) is 30.7 Å². The minimum Gasteiger partial charge on any atom is -0.292 e. The van der Waals surface area contributed by atoms with Crippen LogP contribution >= 0.6 is 0 Å². The van der Waals surface area contributed by atoms with Gasteiger partial charge in [-0.15, -0.1) is 0 Å². The van der Waals surface area contributed by atoms with E-state index in [1.807, 2.05) is 38.2 Å². The van der Waals surface area contributed by atoms with Gasteiger partial charge in [-0.25, -0.2) is 19.6 Å². The number of aromatic nitrogens is 5. The topological polar surface area (TPSA) is 90.6 Å². The molecule has 7 nitrogen and oxygen atoms in total. The summed E-state index contributed by atoms with van der Waals surface area (Å²) in [6.45, 7) is 3.97. The molecule has 0 aliphatic heterocycles. The zero-order valence-electron chi connectivity index (χ0n) is 17.5. The molecule has 0 saturated carbocycles. The van der Waals surface area contributed by atoms with Gasteiger partial charge in [0, 0.05) is 30.6 Å². The fourth-order valence-electron chi connectivity index (χ4n) is 3.34. The molecule has 3 heterocycles. The quantitative estimate of drug-likeness (QED) is 0.401. The molecule has 4 rings (SSSR count). The Hall–Kier alpha value is -3.74. The molecule has 0 aliphatic rings. The number of nitrogens with zero attached hydrogens (tertiary/aromatic N) is 5. The minimum atomic E-state index is -0.0886. The summed E-state index contributed by atoms with van der Waals surface area (Å²) < 4.78 is 1.77. The summed E-state index contributed by atoms with van der Waals surface area (Å²) in [6, 6.07) is 10.9. The van der Waals surface area contributed by atoms with Crippen LogP contribution in [-0.2, 0) is 6.42 Å². The molecular weight excluding hydrogens is 390 g/mol. The Morgan fingerprint density at radius 2 is 1.84 bits per heavy atom. The molecular formula is C24H23N5O2. The van der Waals surface area contributed by atoms with E-state index in [4.69, 9.17) is 0 Å². The van der Waals surface area contributed by atoms with Crippen LogP contribution in [0.25, 0.3) is 16.6 Å². The third-order valence-corrected chi connectivity index (χ3v) is 4.95. The summed E-state index contributed by atoms with van der Waals surface area (Å²) >= 11 is 0. The van der Waals surface area contributed by atoms with Crippen molar-refractivity contribution in [1.82, 2.24) is 24.7 Å². The maximum atomic E-state index is 12.6. The maximum Gasteiger partial charge on any atom is 0.181 e. The Morgan fingerprint density at radius 1 is 1.03 bits per heavy atom. The Morgan fingerprint density at radius 3 is 2.65 bits per heavy atom. The van der Waals surface area contributed by atoms with Crippen molar-refractivity contribution in [2.24, 2.45) is 5.92 Å². The van der Waals surface area contributed by atoms with Crippen molar-refractivity contribution in [2.75, 3.05) is 0 Å². The van der Waals surface area contributed by atoms with Crippen LogP contribution in [-0.4, -0.2) is 36.3 Å². The molecule has 0 unspecified atom stereocenters. The van der Waals surface area contributed by atoms with Gasteiger partial charge in [0.05, 0.1) is 17.4 Å². The molecule has 0 radical (unpaired) electrons. The van der Waals surface area contributed by atoms with Crippen LogP contribution < -0.4 is 0 Å². The monoisotopic (exact) mass is 413 g/mol. The van der Waals surface area contributed by atoms with Crippen LogP contribution in [0.1, 0.15) is 53.2 Å². The van der Waals surface area contributed by atoms with Gasteiger partial charge in [-0.05, 0) is 48.2 Å². The molecule has 0 aliphatic carbocycles. The van der Waals surface area contributed by atoms with Crippen molar-refractivity contribution < 1.29 is 9.59 Å². The van der Waals surface area contributed by atoms with Gasteiger partial charge in [0.25, 0.3) is 0 Å². The fraction of sp³-hybridized carbons (Fsp3) is 0.250. The van der Waals surface area contributed by atoms with Crippen molar-refractivity contribution in [3.63, 3.8) is 0 Å². The number of aryl methyl sites for hydroxylation is 1. The van der Waals surface area contributed by atoms with E-state index in [1.165, 1.54) is 6.33 Å². The lowest BCUT2D eigenvalue weighted by atomic mass is 10.0. The second kappa shape index (κ2) is 8.95. The Balaban J connectivity index is 1.42. The fourth-order valence-corrected chi connectivity index (χ4v) is 3.34. The van der Waals surface area contributed by atoms with E-state index < -0.39 is 0 Å². The van der Waals surface area contributed by atoms with Crippen LogP contribution in [0.5, 0.6) is 0 Å². The molecule has 0 saturated heterocycles. The first kappa shape index (κ1) is 20.5. The normalized spacial score (nSPS) is 11.2. The van der Waals surface area contributed by atoms with Crippen molar-refractivity contribution in [3.05, 3.63) is 78.3 Å². The molecule has 4 aromatic rings. The molecule has 0 N–H and O–H groups in total. The summed E-state index contributed by atoms with van der Waals surface area (Å²) in [5, 5.41) is 5.37. The summed E-state index contributed by atoms with van der Waals surface area (Å²) in [6.07, 6.45) is 8.22. The van der Waals surface area contributed by atoms with Crippen molar-refractivity contribution >= 4 is 22.5 Å². The van der Waals surface area contributed by atoms with E-state index in [9.17, 15) is 9.59 Å². The first-order valence-electron chi connectivity index (χ1n) is 10.3. The Labute approximate surface area is 180 Å². The van der Waals surface area contributed by atoms with E-state index in [0.717, 1.165) is 22.2 Å². The SMILES string of the molecule is CC(C)CC(=O)c1cccc(C(=O)CCc2cnn(-c3ccc4cncnc4c3)c2)n1. The van der Waals surface area contributed by atoms with Crippen molar-refractivity contribution in [2.45, 2.75) is 33.1 Å². The number of Topliss-reactive ketones (excluding diaryl/α,β-unsaturated/α-hetero) is 2. The number of carbonyl (C=O) groups excluding carboxylic acids is 2. The lowest BCUT2D eigenvalue weighted by molar-refractivity contribution is 0.0962. The van der Waals surface area contributed by atoms with Gasteiger partial charge in [-0.1, -0.05) is 19.9 Å². The third kappa shape index (κ3) is 4.88. The van der Waals surface area contributed by atoms with Crippen LogP contribution in [0.15, 0.2) is 61.3 Å². The number of carbonyl (C=O) groups is 2. The number of hydrogen-bond acceptors (Lipinski definition) is 6. The smallest absolute Gasteiger partial charge is 0.181 e. The van der Waals surface area contributed by atoms with Crippen LogP contribution in [0.2, 0.25) is 0 Å². The maximum absolute atomic E-state index is 12.6. The summed E-state index contributed by atoms with van der Waals surface area (Å²) in [5.41, 5.74) is 3.37. The molecule has 0 fully saturated rings. The Kier molecular flexibility index (Phi) is 5.93. The largest absolute Gasteiger partial charge is 0.292 e. The number of benzene rings is 1. The first-order chi connectivity index (χ1) is 15.0. The molecule has 156 valence electrons. The molecule has 0 spiro atoms. The number of rotatable bonds is 8. The van der Waals surface area contributed by atoms with Gasteiger partial charge in [-0.3, -0.25) is 9.59 Å². The molecule has 1 aromatic carbocycles. The van der Waals surface area contributed by atoms with Crippen LogP contribution in [0.4, 0.5) is 0 Å². The molecule has 0 amide bonds. The number of ketones is 2. The van der Waals surface area contributed by atoms with Gasteiger partial charge in [-0.2, -0.15) is 5.10 Å². The lowest BCUT2D eigenvalue weighted by Crippen LogP contribution is -2.10. The molecule has 3 aromatic heterocycles. The number of fused-ring (bicyclic) bond motifs is 1. The van der Waals surface area contributed by atoms with Crippen LogP contribution in [0.3, 0.4) is 0 Å². The highest BCUT2D eigenvalue weighted by molar-refractivity contribution is 5.98. The summed E-state index contributed by atoms with van der Waals surface area (Å²) in [4.78, 5) is 37.4. The lowest BCUT2D eigenvalue weighted by Gasteiger charge is -2.05.